The number of esters is 2. The third kappa shape index (κ3) is 8.48. The number of hydrogen-bond acceptors (Lipinski definition) is 9. The average molecular weight is 425 g/mol. The van der Waals surface area contributed by atoms with E-state index in [1.807, 2.05) is 0 Å². The number of rotatable bonds is 11. The summed E-state index contributed by atoms with van der Waals surface area (Å²) in [4.78, 5) is 46.0. The first-order chi connectivity index (χ1) is 14.2. The Morgan fingerprint density at radius 3 is 2.17 bits per heavy atom. The highest BCUT2D eigenvalue weighted by atomic mass is 16.7. The van der Waals surface area contributed by atoms with Crippen LogP contribution in [0.15, 0.2) is 18.2 Å². The van der Waals surface area contributed by atoms with Gasteiger partial charge in [-0.25, -0.2) is 4.79 Å². The number of carboxylic acid groups (broad SMARTS) is 1. The molecule has 1 unspecified atom stereocenters. The van der Waals surface area contributed by atoms with Crippen LogP contribution in [0.3, 0.4) is 0 Å². The Bertz CT molecular complexity index is 763. The predicted molar refractivity (Wildman–Crippen MR) is 104 cm³/mol. The van der Waals surface area contributed by atoms with E-state index in [-0.39, 0.29) is 37.3 Å². The lowest BCUT2D eigenvalue weighted by atomic mass is 10.0. The van der Waals surface area contributed by atoms with Crippen molar-refractivity contribution in [1.29, 1.82) is 0 Å². The van der Waals surface area contributed by atoms with Crippen molar-refractivity contribution in [2.45, 2.75) is 52.2 Å². The van der Waals surface area contributed by atoms with Crippen molar-refractivity contribution >= 4 is 24.1 Å². The Morgan fingerprint density at radius 1 is 1.03 bits per heavy atom. The van der Waals surface area contributed by atoms with Crippen molar-refractivity contribution in [3.05, 3.63) is 23.8 Å². The van der Waals surface area contributed by atoms with Gasteiger partial charge in [-0.3, -0.25) is 14.4 Å². The number of carboxylic acids is 1. The third-order valence-corrected chi connectivity index (χ3v) is 3.89. The molecule has 0 amide bonds. The first-order valence-corrected chi connectivity index (χ1v) is 9.45. The molecule has 0 aliphatic carbocycles. The average Bonchev–Trinajstić information content (AvgIpc) is 2.71. The number of benzene rings is 1. The maximum absolute atomic E-state index is 11.7. The summed E-state index contributed by atoms with van der Waals surface area (Å²) < 4.78 is 19.7. The molecule has 1 aromatic carbocycles. The Hall–Kier alpha value is -3.14. The van der Waals surface area contributed by atoms with Crippen molar-refractivity contribution in [2.24, 2.45) is 0 Å². The van der Waals surface area contributed by atoms with E-state index in [1.54, 1.807) is 26.8 Å². The summed E-state index contributed by atoms with van der Waals surface area (Å²) in [7, 11) is 1.17. The van der Waals surface area contributed by atoms with Crippen LogP contribution >= 0.6 is 0 Å². The van der Waals surface area contributed by atoms with Gasteiger partial charge in [0.25, 0.3) is 0 Å². The highest BCUT2D eigenvalue weighted by Crippen LogP contribution is 2.30. The molecule has 30 heavy (non-hydrogen) atoms. The monoisotopic (exact) mass is 425 g/mol. The zero-order valence-electron chi connectivity index (χ0n) is 17.4. The molecule has 0 bridgehead atoms. The van der Waals surface area contributed by atoms with E-state index in [1.165, 1.54) is 19.2 Å². The van der Waals surface area contributed by atoms with Crippen LogP contribution in [0.4, 0.5) is 4.79 Å². The summed E-state index contributed by atoms with van der Waals surface area (Å²) in [5, 5.41) is 12.3. The number of aliphatic carboxylic acids is 1. The lowest BCUT2D eigenvalue weighted by molar-refractivity contribution is -0.139. The minimum atomic E-state index is -1.12. The fourth-order valence-corrected chi connectivity index (χ4v) is 2.28. The van der Waals surface area contributed by atoms with Crippen LogP contribution in [0.25, 0.3) is 0 Å². The summed E-state index contributed by atoms with van der Waals surface area (Å²) >= 11 is 0. The van der Waals surface area contributed by atoms with Gasteiger partial charge in [0, 0.05) is 19.4 Å². The molecule has 0 saturated heterocycles. The lowest BCUT2D eigenvalue weighted by Crippen LogP contribution is -2.42. The first kappa shape index (κ1) is 24.9. The van der Waals surface area contributed by atoms with Crippen LogP contribution in [-0.4, -0.2) is 55.0 Å². The third-order valence-electron chi connectivity index (χ3n) is 3.89. The van der Waals surface area contributed by atoms with E-state index >= 15 is 0 Å². The topological polar surface area (TPSA) is 137 Å². The molecular weight excluding hydrogens is 398 g/mol. The van der Waals surface area contributed by atoms with Crippen molar-refractivity contribution in [1.82, 2.24) is 5.32 Å². The Kier molecular flexibility index (Phi) is 10.3. The van der Waals surface area contributed by atoms with Crippen LogP contribution in [0.5, 0.6) is 11.5 Å². The number of ether oxygens (including phenoxy) is 4. The molecule has 0 aliphatic heterocycles. The molecule has 2 N–H and O–H groups in total. The van der Waals surface area contributed by atoms with Gasteiger partial charge in [0.2, 0.25) is 0 Å². The molecule has 0 aromatic heterocycles. The number of methoxy groups -OCH3 is 1. The number of carbonyl (C=O) groups excluding carboxylic acids is 3. The molecule has 0 fully saturated rings. The molecule has 0 heterocycles. The minimum absolute atomic E-state index is 0.0349. The highest BCUT2D eigenvalue weighted by Gasteiger charge is 2.21. The Balaban J connectivity index is 2.94. The van der Waals surface area contributed by atoms with Crippen LogP contribution < -0.4 is 14.8 Å². The zero-order chi connectivity index (χ0) is 22.7. The summed E-state index contributed by atoms with van der Waals surface area (Å²) in [5.74, 6) is -2.03. The van der Waals surface area contributed by atoms with Crippen LogP contribution in [0.1, 0.15) is 39.2 Å². The Labute approximate surface area is 174 Å². The fourth-order valence-electron chi connectivity index (χ4n) is 2.28. The quantitative estimate of drug-likeness (QED) is 0.400. The van der Waals surface area contributed by atoms with Gasteiger partial charge in [-0.15, -0.1) is 0 Å². The van der Waals surface area contributed by atoms with Gasteiger partial charge >= 0.3 is 24.1 Å². The molecule has 166 valence electrons. The summed E-state index contributed by atoms with van der Waals surface area (Å²) in [6, 6.07) is 3.47. The van der Waals surface area contributed by atoms with Crippen molar-refractivity contribution in [2.75, 3.05) is 13.7 Å². The largest absolute Gasteiger partial charge is 0.508 e. The highest BCUT2D eigenvalue weighted by molar-refractivity contribution is 5.76. The van der Waals surface area contributed by atoms with E-state index in [9.17, 15) is 24.3 Å². The molecule has 1 rings (SSSR count). The molecule has 0 spiro atoms. The maximum atomic E-state index is 11.7. The van der Waals surface area contributed by atoms with E-state index in [0.717, 1.165) is 0 Å². The smallest absolute Gasteiger partial charge is 0.480 e. The standard InChI is InChI=1S/C20H27NO9/c1-5-17(22)29-15-8-7-13(10-16(15)30-18(23)6-2)9-14(19(24)25)21-11-12(3)28-20(26)27-4/h7-8,10,12,14,21H,5-6,9,11H2,1-4H3,(H,24,25)/t12?,14-/m0/s1. The maximum Gasteiger partial charge on any atom is 0.508 e. The van der Waals surface area contributed by atoms with Gasteiger partial charge in [0.15, 0.2) is 11.5 Å². The van der Waals surface area contributed by atoms with E-state index < -0.39 is 36.2 Å². The van der Waals surface area contributed by atoms with E-state index in [0.29, 0.717) is 5.56 Å². The van der Waals surface area contributed by atoms with Gasteiger partial charge in [-0.1, -0.05) is 19.9 Å². The van der Waals surface area contributed by atoms with E-state index in [2.05, 4.69) is 10.1 Å². The van der Waals surface area contributed by atoms with Gasteiger partial charge in [0.05, 0.1) is 7.11 Å². The normalized spacial score (nSPS) is 12.4. The first-order valence-electron chi connectivity index (χ1n) is 9.45. The van der Waals surface area contributed by atoms with Crippen LogP contribution in [0.2, 0.25) is 0 Å². The summed E-state index contributed by atoms with van der Waals surface area (Å²) in [6.45, 7) is 4.91. The van der Waals surface area contributed by atoms with Crippen LogP contribution in [-0.2, 0) is 30.3 Å². The predicted octanol–water partition coefficient (Wildman–Crippen LogP) is 2.07. The van der Waals surface area contributed by atoms with Crippen molar-refractivity contribution in [3.8, 4) is 11.5 Å². The summed E-state index contributed by atoms with van der Waals surface area (Å²) in [6.07, 6.45) is -1.19. The van der Waals surface area contributed by atoms with Gasteiger partial charge in [-0.05, 0) is 31.0 Å². The molecule has 1 aromatic rings. The second kappa shape index (κ2) is 12.4. The SMILES string of the molecule is CCC(=O)Oc1ccc(C[C@H](NCC(C)OC(=O)OC)C(=O)O)cc1OC(=O)CC. The second-order valence-electron chi connectivity index (χ2n) is 6.32. The molecule has 0 saturated carbocycles. The molecular formula is C20H27NO9. The minimum Gasteiger partial charge on any atom is -0.480 e. The summed E-state index contributed by atoms with van der Waals surface area (Å²) in [5.41, 5.74) is 0.534. The Morgan fingerprint density at radius 2 is 1.63 bits per heavy atom. The van der Waals surface area contributed by atoms with Gasteiger partial charge in [-0.2, -0.15) is 0 Å². The number of carbonyl (C=O) groups is 4. The van der Waals surface area contributed by atoms with Gasteiger partial charge in [0.1, 0.15) is 12.1 Å². The van der Waals surface area contributed by atoms with E-state index in [4.69, 9.17) is 14.2 Å². The molecule has 0 radical (unpaired) electrons. The molecule has 2 atom stereocenters. The number of hydrogen-bond donors (Lipinski definition) is 2. The lowest BCUT2D eigenvalue weighted by Gasteiger charge is -2.19. The fraction of sp³-hybridized carbons (Fsp3) is 0.500. The molecule has 10 heteroatoms. The van der Waals surface area contributed by atoms with Crippen LogP contribution in [0, 0.1) is 0 Å². The number of nitrogens with one attached hydrogen (secondary N) is 1. The molecule has 10 nitrogen and oxygen atoms in total. The zero-order valence-corrected chi connectivity index (χ0v) is 17.4. The van der Waals surface area contributed by atoms with Gasteiger partial charge < -0.3 is 29.4 Å². The van der Waals surface area contributed by atoms with Crippen molar-refractivity contribution in [3.63, 3.8) is 0 Å². The second-order valence-corrected chi connectivity index (χ2v) is 6.32. The molecule has 0 aliphatic rings. The van der Waals surface area contributed by atoms with Crippen molar-refractivity contribution < 1.29 is 43.2 Å².